The lowest BCUT2D eigenvalue weighted by Gasteiger charge is -2.27. The minimum atomic E-state index is 0.504. The van der Waals surface area contributed by atoms with E-state index in [1.54, 1.807) is 0 Å². The number of ether oxygens (including phenoxy) is 1. The summed E-state index contributed by atoms with van der Waals surface area (Å²) in [5.74, 6) is 3.12. The summed E-state index contributed by atoms with van der Waals surface area (Å²) in [6.07, 6.45) is 1.08. The molecule has 3 heterocycles. The van der Waals surface area contributed by atoms with Crippen LogP contribution >= 0.6 is 11.3 Å². The number of hydrogen-bond acceptors (Lipinski definition) is 6. The lowest BCUT2D eigenvalue weighted by atomic mass is 10.1. The molecule has 0 bridgehead atoms. The molecule has 0 spiro atoms. The third-order valence-electron chi connectivity index (χ3n) is 5.13. The van der Waals surface area contributed by atoms with Crippen LogP contribution < -0.4 is 10.6 Å². The smallest absolute Gasteiger partial charge is 0.191 e. The predicted molar refractivity (Wildman–Crippen MR) is 117 cm³/mol. The minimum absolute atomic E-state index is 0.504. The fourth-order valence-electron chi connectivity index (χ4n) is 3.19. The highest BCUT2D eigenvalue weighted by Crippen LogP contribution is 2.13. The van der Waals surface area contributed by atoms with Gasteiger partial charge in [-0.3, -0.25) is 4.90 Å². The van der Waals surface area contributed by atoms with Crippen molar-refractivity contribution >= 4 is 17.3 Å². The van der Waals surface area contributed by atoms with Crippen LogP contribution in [0.15, 0.2) is 22.5 Å². The minimum Gasteiger partial charge on any atom is -0.379 e. The van der Waals surface area contributed by atoms with E-state index in [4.69, 9.17) is 9.73 Å². The third kappa shape index (κ3) is 7.09. The van der Waals surface area contributed by atoms with Gasteiger partial charge < -0.3 is 19.9 Å². The molecule has 1 atom stereocenters. The molecule has 3 rings (SSSR count). The zero-order valence-electron chi connectivity index (χ0n) is 17.7. The summed E-state index contributed by atoms with van der Waals surface area (Å²) in [5, 5.41) is 17.5. The molecule has 8 nitrogen and oxygen atoms in total. The Morgan fingerprint density at radius 3 is 2.83 bits per heavy atom. The summed E-state index contributed by atoms with van der Waals surface area (Å²) in [5.41, 5.74) is 0. The molecule has 1 saturated heterocycles. The number of nitrogens with zero attached hydrogens (tertiary/aromatic N) is 5. The van der Waals surface area contributed by atoms with Crippen LogP contribution in [0.3, 0.4) is 0 Å². The van der Waals surface area contributed by atoms with Crippen LogP contribution in [0.4, 0.5) is 0 Å². The van der Waals surface area contributed by atoms with Gasteiger partial charge in [-0.25, -0.2) is 4.99 Å². The van der Waals surface area contributed by atoms with E-state index in [-0.39, 0.29) is 0 Å². The molecule has 0 amide bonds. The Kier molecular flexibility index (Phi) is 8.45. The van der Waals surface area contributed by atoms with Crippen molar-refractivity contribution in [2.24, 2.45) is 18.0 Å². The van der Waals surface area contributed by atoms with Crippen molar-refractivity contribution in [3.63, 3.8) is 0 Å². The van der Waals surface area contributed by atoms with E-state index in [2.05, 4.69) is 50.2 Å². The van der Waals surface area contributed by atoms with Gasteiger partial charge in [-0.2, -0.15) is 0 Å². The van der Waals surface area contributed by atoms with E-state index >= 15 is 0 Å². The highest BCUT2D eigenvalue weighted by molar-refractivity contribution is 7.09. The van der Waals surface area contributed by atoms with E-state index in [1.165, 1.54) is 4.88 Å². The average molecular weight is 420 g/mol. The standard InChI is InChI=1S/C20H33N7OS/c1-16(13-18-5-4-12-29-18)14-22-20(21-6-7-27-8-10-28-11-9-27)23-15-19-25-24-17(2)26(19)3/h4-5,12,16H,6-11,13-15H2,1-3H3,(H2,21,22,23). The van der Waals surface area contributed by atoms with Crippen LogP contribution in [-0.2, 0) is 24.8 Å². The highest BCUT2D eigenvalue weighted by Gasteiger charge is 2.11. The van der Waals surface area contributed by atoms with Gasteiger partial charge in [0, 0.05) is 44.6 Å². The second-order valence-electron chi connectivity index (χ2n) is 7.54. The zero-order chi connectivity index (χ0) is 20.5. The van der Waals surface area contributed by atoms with E-state index in [9.17, 15) is 0 Å². The van der Waals surface area contributed by atoms with Gasteiger partial charge >= 0.3 is 0 Å². The quantitative estimate of drug-likeness (QED) is 0.473. The van der Waals surface area contributed by atoms with E-state index in [0.717, 1.165) is 70.0 Å². The average Bonchev–Trinajstić information content (AvgIpc) is 3.35. The molecule has 2 aromatic heterocycles. The van der Waals surface area contributed by atoms with Crippen molar-refractivity contribution in [2.75, 3.05) is 45.9 Å². The number of aliphatic imine (C=N–C) groups is 1. The van der Waals surface area contributed by atoms with Gasteiger partial charge in [-0.15, -0.1) is 21.5 Å². The van der Waals surface area contributed by atoms with Crippen molar-refractivity contribution in [1.82, 2.24) is 30.3 Å². The van der Waals surface area contributed by atoms with E-state index < -0.39 is 0 Å². The van der Waals surface area contributed by atoms with Crippen molar-refractivity contribution in [1.29, 1.82) is 0 Å². The molecule has 0 aliphatic carbocycles. The van der Waals surface area contributed by atoms with Gasteiger partial charge in [-0.1, -0.05) is 13.0 Å². The second-order valence-corrected chi connectivity index (χ2v) is 8.57. The number of hydrogen-bond donors (Lipinski definition) is 2. The van der Waals surface area contributed by atoms with Crippen LogP contribution in [0.5, 0.6) is 0 Å². The molecular weight excluding hydrogens is 386 g/mol. The normalized spacial score (nSPS) is 16.7. The first-order valence-corrected chi connectivity index (χ1v) is 11.2. The summed E-state index contributed by atoms with van der Waals surface area (Å²) in [7, 11) is 1.97. The number of aromatic nitrogens is 3. The van der Waals surface area contributed by atoms with Crippen molar-refractivity contribution < 1.29 is 4.74 Å². The van der Waals surface area contributed by atoms with E-state index in [0.29, 0.717) is 12.5 Å². The Morgan fingerprint density at radius 2 is 2.14 bits per heavy atom. The van der Waals surface area contributed by atoms with Gasteiger partial charge in [0.05, 0.1) is 13.2 Å². The topological polar surface area (TPSA) is 79.6 Å². The van der Waals surface area contributed by atoms with E-state index in [1.807, 2.05) is 29.9 Å². The molecule has 0 saturated carbocycles. The SMILES string of the molecule is Cc1nnc(CN=C(NCCN2CCOCC2)NCC(C)Cc2cccs2)n1C. The number of thiophene rings is 1. The first kappa shape index (κ1) is 21.7. The number of aryl methyl sites for hydroxylation is 1. The lowest BCUT2D eigenvalue weighted by Crippen LogP contribution is -2.45. The molecule has 9 heteroatoms. The molecular formula is C20H33N7OS. The molecule has 1 aliphatic rings. The fraction of sp³-hybridized carbons (Fsp3) is 0.650. The Bertz CT molecular complexity index is 753. The number of guanidine groups is 1. The summed E-state index contributed by atoms with van der Waals surface area (Å²) in [4.78, 5) is 8.59. The molecule has 2 N–H and O–H groups in total. The van der Waals surface area contributed by atoms with Gasteiger partial charge in [0.25, 0.3) is 0 Å². The summed E-state index contributed by atoms with van der Waals surface area (Å²) < 4.78 is 7.40. The number of morpholine rings is 1. The summed E-state index contributed by atoms with van der Waals surface area (Å²) in [6.45, 7) is 11.1. The number of rotatable bonds is 9. The van der Waals surface area contributed by atoms with Gasteiger partial charge in [0.15, 0.2) is 11.8 Å². The molecule has 1 fully saturated rings. The maximum absolute atomic E-state index is 5.42. The molecule has 2 aromatic rings. The van der Waals surface area contributed by atoms with Gasteiger partial charge in [-0.05, 0) is 30.7 Å². The van der Waals surface area contributed by atoms with Crippen LogP contribution in [0.2, 0.25) is 0 Å². The van der Waals surface area contributed by atoms with Gasteiger partial charge in [0.2, 0.25) is 0 Å². The predicted octanol–water partition coefficient (Wildman–Crippen LogP) is 1.43. The third-order valence-corrected chi connectivity index (χ3v) is 6.03. The second kappa shape index (κ2) is 11.3. The monoisotopic (exact) mass is 419 g/mol. The van der Waals surface area contributed by atoms with Gasteiger partial charge in [0.1, 0.15) is 12.4 Å². The molecule has 29 heavy (non-hydrogen) atoms. The van der Waals surface area contributed by atoms with Crippen LogP contribution in [0, 0.1) is 12.8 Å². The maximum atomic E-state index is 5.42. The zero-order valence-corrected chi connectivity index (χ0v) is 18.5. The fourth-order valence-corrected chi connectivity index (χ4v) is 4.06. The molecule has 1 unspecified atom stereocenters. The summed E-state index contributed by atoms with van der Waals surface area (Å²) >= 11 is 1.82. The highest BCUT2D eigenvalue weighted by atomic mass is 32.1. The first-order chi connectivity index (χ1) is 14.1. The largest absolute Gasteiger partial charge is 0.379 e. The lowest BCUT2D eigenvalue weighted by molar-refractivity contribution is 0.0389. The number of nitrogens with one attached hydrogen (secondary N) is 2. The van der Waals surface area contributed by atoms with Crippen LogP contribution in [0.1, 0.15) is 23.4 Å². The van der Waals surface area contributed by atoms with Crippen molar-refractivity contribution in [2.45, 2.75) is 26.8 Å². The Morgan fingerprint density at radius 1 is 1.31 bits per heavy atom. The first-order valence-electron chi connectivity index (χ1n) is 10.3. The Balaban J connectivity index is 1.52. The molecule has 0 radical (unpaired) electrons. The Labute approximate surface area is 177 Å². The van der Waals surface area contributed by atoms with Crippen molar-refractivity contribution in [3.05, 3.63) is 34.0 Å². The van der Waals surface area contributed by atoms with Crippen LogP contribution in [-0.4, -0.2) is 71.6 Å². The molecule has 160 valence electrons. The summed E-state index contributed by atoms with van der Waals surface area (Å²) in [6, 6.07) is 4.32. The van der Waals surface area contributed by atoms with Crippen LogP contribution in [0.25, 0.3) is 0 Å². The maximum Gasteiger partial charge on any atom is 0.191 e. The molecule has 0 aromatic carbocycles. The molecule has 1 aliphatic heterocycles. The Hall–Kier alpha value is -1.97. The van der Waals surface area contributed by atoms with Crippen molar-refractivity contribution in [3.8, 4) is 0 Å².